The summed E-state index contributed by atoms with van der Waals surface area (Å²) < 4.78 is 0. The third-order valence-electron chi connectivity index (χ3n) is 7.82. The van der Waals surface area contributed by atoms with Gasteiger partial charge in [0.05, 0.1) is 5.69 Å². The molecule has 2 atom stereocenters. The van der Waals surface area contributed by atoms with Crippen LogP contribution < -0.4 is 0 Å². The van der Waals surface area contributed by atoms with Gasteiger partial charge in [0, 0.05) is 40.8 Å². The molecule has 0 N–H and O–H groups in total. The molecule has 2 aliphatic rings. The van der Waals surface area contributed by atoms with Crippen molar-refractivity contribution in [2.75, 3.05) is 7.05 Å². The number of carbonyl (C=O) groups excluding carboxylic acids is 1. The van der Waals surface area contributed by atoms with Gasteiger partial charge in [-0.2, -0.15) is 0 Å². The van der Waals surface area contributed by atoms with Crippen molar-refractivity contribution < 1.29 is 4.79 Å². The average molecular weight is 465 g/mol. The van der Waals surface area contributed by atoms with Crippen LogP contribution in [0.25, 0.3) is 22.0 Å². The van der Waals surface area contributed by atoms with Crippen LogP contribution in [0.15, 0.2) is 88.8 Å². The van der Waals surface area contributed by atoms with Crippen LogP contribution in [0.2, 0.25) is 0 Å². The van der Waals surface area contributed by atoms with Crippen LogP contribution in [0.4, 0.5) is 0 Å². The fourth-order valence-electron chi connectivity index (χ4n) is 5.94. The number of rotatable bonds is 3. The molecule has 2 heterocycles. The smallest absolute Gasteiger partial charge is 0.222 e. The zero-order chi connectivity index (χ0) is 23.3. The van der Waals surface area contributed by atoms with Crippen LogP contribution >= 0.6 is 11.8 Å². The second-order valence-corrected chi connectivity index (χ2v) is 10.9. The summed E-state index contributed by atoms with van der Waals surface area (Å²) in [6.07, 6.45) is 3.62. The van der Waals surface area contributed by atoms with Crippen LogP contribution in [0.1, 0.15) is 37.3 Å². The Hall–Kier alpha value is -3.11. The van der Waals surface area contributed by atoms with Crippen molar-refractivity contribution in [1.29, 1.82) is 0 Å². The predicted molar refractivity (Wildman–Crippen MR) is 139 cm³/mol. The molecule has 4 aromatic rings. The molecule has 0 radical (unpaired) electrons. The van der Waals surface area contributed by atoms with Gasteiger partial charge >= 0.3 is 0 Å². The number of hydrogen-bond acceptors (Lipinski definition) is 3. The number of nitrogens with zero attached hydrogens (tertiary/aromatic N) is 2. The van der Waals surface area contributed by atoms with E-state index in [9.17, 15) is 4.79 Å². The summed E-state index contributed by atoms with van der Waals surface area (Å²) in [5, 5.41) is 3.44. The zero-order valence-corrected chi connectivity index (χ0v) is 20.4. The SMILES string of the molecule is CN1C(=O)CC[C@]2(C)c3ccc(Sc4nc(-c5ccccc5)cc5ccccc45)cc3CC[C@@H]12. The highest BCUT2D eigenvalue weighted by Crippen LogP contribution is 2.47. The molecule has 0 unspecified atom stereocenters. The van der Waals surface area contributed by atoms with Gasteiger partial charge in [-0.3, -0.25) is 4.79 Å². The van der Waals surface area contributed by atoms with Gasteiger partial charge in [0.15, 0.2) is 0 Å². The Morgan fingerprint density at radius 1 is 0.971 bits per heavy atom. The number of aryl methyl sites for hydroxylation is 1. The summed E-state index contributed by atoms with van der Waals surface area (Å²) in [7, 11) is 1.98. The van der Waals surface area contributed by atoms with Gasteiger partial charge in [-0.05, 0) is 54.0 Å². The number of pyridine rings is 1. The highest BCUT2D eigenvalue weighted by molar-refractivity contribution is 7.99. The first-order valence-electron chi connectivity index (χ1n) is 12.0. The maximum absolute atomic E-state index is 12.3. The Bertz CT molecular complexity index is 1400. The molecule has 4 heteroatoms. The van der Waals surface area contributed by atoms with Crippen molar-refractivity contribution in [2.24, 2.45) is 0 Å². The van der Waals surface area contributed by atoms with E-state index in [0.29, 0.717) is 12.5 Å². The standard InChI is InChI=1S/C30H28N2OS/c1-30-17-16-28(33)32(2)27(30)15-12-22-18-23(13-14-25(22)30)34-29-24-11-7-6-10-21(24)19-26(31-29)20-8-4-3-5-9-20/h3-11,13-14,18-19,27H,12,15-17H2,1-2H3/t27-,30-/m1/s1. The van der Waals surface area contributed by atoms with E-state index in [-0.39, 0.29) is 11.3 Å². The van der Waals surface area contributed by atoms with E-state index in [1.165, 1.54) is 26.8 Å². The normalized spacial score (nSPS) is 21.9. The van der Waals surface area contributed by atoms with Crippen molar-refractivity contribution in [3.8, 4) is 11.3 Å². The third kappa shape index (κ3) is 3.52. The lowest BCUT2D eigenvalue weighted by Crippen LogP contribution is -2.56. The maximum atomic E-state index is 12.3. The topological polar surface area (TPSA) is 33.2 Å². The molecule has 1 saturated heterocycles. The van der Waals surface area contributed by atoms with Crippen LogP contribution in [0.5, 0.6) is 0 Å². The van der Waals surface area contributed by atoms with E-state index < -0.39 is 0 Å². The Balaban J connectivity index is 1.38. The second kappa shape index (κ2) is 8.28. The van der Waals surface area contributed by atoms with E-state index in [2.05, 4.69) is 79.7 Å². The fraction of sp³-hybridized carbons (Fsp3) is 0.267. The minimum Gasteiger partial charge on any atom is -0.342 e. The molecule has 1 aliphatic heterocycles. The summed E-state index contributed by atoms with van der Waals surface area (Å²) >= 11 is 1.75. The van der Waals surface area contributed by atoms with Crippen LogP contribution in [0.3, 0.4) is 0 Å². The Labute approximate surface area is 205 Å². The Morgan fingerprint density at radius 2 is 1.76 bits per heavy atom. The molecule has 3 nitrogen and oxygen atoms in total. The molecular formula is C30H28N2OS. The van der Waals surface area contributed by atoms with Crippen LogP contribution in [0, 0.1) is 0 Å². The molecule has 0 spiro atoms. The monoisotopic (exact) mass is 464 g/mol. The highest BCUT2D eigenvalue weighted by atomic mass is 32.2. The van der Waals surface area contributed by atoms with E-state index in [1.54, 1.807) is 11.8 Å². The number of fused-ring (bicyclic) bond motifs is 4. The van der Waals surface area contributed by atoms with Crippen LogP contribution in [-0.4, -0.2) is 28.9 Å². The molecule has 34 heavy (non-hydrogen) atoms. The number of amides is 1. The van der Waals surface area contributed by atoms with Crippen molar-refractivity contribution >= 4 is 28.4 Å². The molecule has 1 fully saturated rings. The molecular weight excluding hydrogens is 436 g/mol. The number of likely N-dealkylation sites (N-methyl/N-ethyl adjacent to an activating group) is 1. The molecule has 3 aromatic carbocycles. The second-order valence-electron chi connectivity index (χ2n) is 9.80. The van der Waals surface area contributed by atoms with Crippen molar-refractivity contribution in [3.05, 3.63) is 90.0 Å². The van der Waals surface area contributed by atoms with Crippen molar-refractivity contribution in [2.45, 2.75) is 54.0 Å². The lowest BCUT2D eigenvalue weighted by molar-refractivity contribution is -0.138. The summed E-state index contributed by atoms with van der Waals surface area (Å²) in [5.74, 6) is 0.286. The van der Waals surface area contributed by atoms with Crippen LogP contribution in [-0.2, 0) is 16.6 Å². The molecule has 0 saturated carbocycles. The average Bonchev–Trinajstić information content (AvgIpc) is 2.87. The summed E-state index contributed by atoms with van der Waals surface area (Å²) in [4.78, 5) is 20.6. The predicted octanol–water partition coefficient (Wildman–Crippen LogP) is 6.88. The fourth-order valence-corrected chi connectivity index (χ4v) is 6.94. The largest absolute Gasteiger partial charge is 0.342 e. The summed E-state index contributed by atoms with van der Waals surface area (Å²) in [6, 6.07) is 28.3. The maximum Gasteiger partial charge on any atom is 0.222 e. The first-order valence-corrected chi connectivity index (χ1v) is 12.9. The molecule has 6 rings (SSSR count). The van der Waals surface area contributed by atoms with E-state index >= 15 is 0 Å². The van der Waals surface area contributed by atoms with E-state index in [0.717, 1.165) is 35.5 Å². The quantitative estimate of drug-likeness (QED) is 0.331. The first kappa shape index (κ1) is 21.4. The van der Waals surface area contributed by atoms with Gasteiger partial charge < -0.3 is 4.90 Å². The first-order chi connectivity index (χ1) is 16.5. The highest BCUT2D eigenvalue weighted by Gasteiger charge is 2.46. The van der Waals surface area contributed by atoms with Gasteiger partial charge in [-0.1, -0.05) is 79.3 Å². The zero-order valence-electron chi connectivity index (χ0n) is 19.6. The number of aromatic nitrogens is 1. The minimum atomic E-state index is 0.0393. The number of benzene rings is 3. The number of likely N-dealkylation sites (tertiary alicyclic amines) is 1. The number of piperidine rings is 1. The summed E-state index contributed by atoms with van der Waals surface area (Å²) in [6.45, 7) is 2.35. The van der Waals surface area contributed by atoms with Crippen molar-refractivity contribution in [3.63, 3.8) is 0 Å². The molecule has 1 aliphatic carbocycles. The van der Waals surface area contributed by atoms with Gasteiger partial charge in [-0.15, -0.1) is 0 Å². The summed E-state index contributed by atoms with van der Waals surface area (Å²) in [5.41, 5.74) is 5.02. The molecule has 1 aromatic heterocycles. The van der Waals surface area contributed by atoms with Gasteiger partial charge in [0.25, 0.3) is 0 Å². The minimum absolute atomic E-state index is 0.0393. The Morgan fingerprint density at radius 3 is 2.62 bits per heavy atom. The van der Waals surface area contributed by atoms with Gasteiger partial charge in [0.1, 0.15) is 5.03 Å². The third-order valence-corrected chi connectivity index (χ3v) is 8.82. The molecule has 0 bridgehead atoms. The lowest BCUT2D eigenvalue weighted by atomic mass is 9.63. The number of carbonyl (C=O) groups is 1. The molecule has 170 valence electrons. The van der Waals surface area contributed by atoms with Gasteiger partial charge in [0.2, 0.25) is 5.91 Å². The lowest BCUT2D eigenvalue weighted by Gasteiger charge is -2.50. The van der Waals surface area contributed by atoms with Gasteiger partial charge in [-0.25, -0.2) is 4.98 Å². The molecule has 1 amide bonds. The van der Waals surface area contributed by atoms with E-state index in [4.69, 9.17) is 4.98 Å². The van der Waals surface area contributed by atoms with Crippen molar-refractivity contribution in [1.82, 2.24) is 9.88 Å². The van der Waals surface area contributed by atoms with E-state index in [1.807, 2.05) is 18.0 Å². The number of hydrogen-bond donors (Lipinski definition) is 0. The Kier molecular flexibility index (Phi) is 5.22.